The van der Waals surface area contributed by atoms with Crippen molar-refractivity contribution in [3.8, 4) is 0 Å². The molecule has 0 bridgehead atoms. The molecule has 0 aromatic rings. The Kier molecular flexibility index (Phi) is 7.32. The molecule has 2 unspecified atom stereocenters. The van der Waals surface area contributed by atoms with Crippen LogP contribution in [0, 0.1) is 5.41 Å². The van der Waals surface area contributed by atoms with Gasteiger partial charge in [-0.3, -0.25) is 0 Å². The van der Waals surface area contributed by atoms with Gasteiger partial charge in [-0.15, -0.1) is 0 Å². The van der Waals surface area contributed by atoms with Crippen LogP contribution < -0.4 is 5.48 Å². The number of nitrogens with one attached hydrogen (secondary N) is 1. The third kappa shape index (κ3) is 8.83. The average Bonchev–Trinajstić information content (AvgIpc) is 2.23. The summed E-state index contributed by atoms with van der Waals surface area (Å²) in [5.74, 6) is 0. The van der Waals surface area contributed by atoms with Crippen molar-refractivity contribution in [2.75, 3.05) is 13.2 Å². The van der Waals surface area contributed by atoms with Gasteiger partial charge in [-0.25, -0.2) is 0 Å². The first-order valence-electron chi connectivity index (χ1n) is 6.41. The van der Waals surface area contributed by atoms with Crippen LogP contribution in [0.2, 0.25) is 0 Å². The van der Waals surface area contributed by atoms with Gasteiger partial charge in [-0.1, -0.05) is 20.8 Å². The molecule has 0 spiro atoms. The molecular formula is C13H29NO4. The molecule has 18 heavy (non-hydrogen) atoms. The zero-order valence-corrected chi connectivity index (χ0v) is 12.2. The van der Waals surface area contributed by atoms with Gasteiger partial charge in [0.2, 0.25) is 0 Å². The minimum Gasteiger partial charge on any atom is -0.394 e. The van der Waals surface area contributed by atoms with E-state index in [9.17, 15) is 5.11 Å². The van der Waals surface area contributed by atoms with E-state index in [1.807, 2.05) is 13.8 Å². The zero-order chi connectivity index (χ0) is 14.4. The van der Waals surface area contributed by atoms with Crippen molar-refractivity contribution in [3.63, 3.8) is 0 Å². The topological polar surface area (TPSA) is 82.0 Å². The van der Waals surface area contributed by atoms with Gasteiger partial charge in [0.1, 0.15) is 6.10 Å². The molecule has 5 heteroatoms. The van der Waals surface area contributed by atoms with Gasteiger partial charge < -0.3 is 20.2 Å². The minimum atomic E-state index is -0.849. The highest BCUT2D eigenvalue weighted by Crippen LogP contribution is 2.27. The second-order valence-electron chi connectivity index (χ2n) is 6.76. The standard InChI is InChI=1S/C13H29NO4/c1-12(2,3)6-11(7-13(4,5)14-17)18-9-10(16)8-15/h10-11,14-17H,6-9H2,1-5H3. The minimum absolute atomic E-state index is 0.0825. The van der Waals surface area contributed by atoms with Crippen molar-refractivity contribution in [2.45, 2.75) is 65.2 Å². The summed E-state index contributed by atoms with van der Waals surface area (Å²) in [6.07, 6.45) is 0.508. The normalized spacial score (nSPS) is 16.7. The summed E-state index contributed by atoms with van der Waals surface area (Å²) in [5.41, 5.74) is 1.92. The lowest BCUT2D eigenvalue weighted by atomic mass is 9.85. The Bertz CT molecular complexity index is 226. The Balaban J connectivity index is 4.43. The van der Waals surface area contributed by atoms with E-state index in [2.05, 4.69) is 26.3 Å². The van der Waals surface area contributed by atoms with Gasteiger partial charge in [0.05, 0.1) is 19.3 Å². The molecule has 0 aliphatic heterocycles. The fraction of sp³-hybridized carbons (Fsp3) is 1.00. The molecule has 0 fully saturated rings. The summed E-state index contributed by atoms with van der Waals surface area (Å²) in [7, 11) is 0. The molecule has 0 radical (unpaired) electrons. The zero-order valence-electron chi connectivity index (χ0n) is 12.2. The molecule has 0 saturated carbocycles. The SMILES string of the molecule is CC(C)(C)CC(CC(C)(C)NO)OCC(O)CO. The number of hydrogen-bond acceptors (Lipinski definition) is 5. The molecule has 4 N–H and O–H groups in total. The van der Waals surface area contributed by atoms with E-state index in [4.69, 9.17) is 15.1 Å². The van der Waals surface area contributed by atoms with Crippen LogP contribution in [0.3, 0.4) is 0 Å². The lowest BCUT2D eigenvalue weighted by Crippen LogP contribution is -2.42. The van der Waals surface area contributed by atoms with Gasteiger partial charge in [0.15, 0.2) is 0 Å². The highest BCUT2D eigenvalue weighted by molar-refractivity contribution is 4.81. The van der Waals surface area contributed by atoms with Gasteiger partial charge in [0.25, 0.3) is 0 Å². The number of rotatable bonds is 8. The van der Waals surface area contributed by atoms with E-state index in [0.717, 1.165) is 6.42 Å². The largest absolute Gasteiger partial charge is 0.394 e. The number of aliphatic hydroxyl groups excluding tert-OH is 2. The van der Waals surface area contributed by atoms with Crippen molar-refractivity contribution in [1.29, 1.82) is 0 Å². The molecule has 0 amide bonds. The molecule has 0 aliphatic rings. The van der Waals surface area contributed by atoms with Gasteiger partial charge >= 0.3 is 0 Å². The summed E-state index contributed by atoms with van der Waals surface area (Å²) < 4.78 is 5.65. The highest BCUT2D eigenvalue weighted by atomic mass is 16.5. The second kappa shape index (κ2) is 7.40. The maximum Gasteiger partial charge on any atom is 0.100 e. The molecule has 0 aromatic heterocycles. The van der Waals surface area contributed by atoms with Crippen LogP contribution in [0.1, 0.15) is 47.5 Å². The Morgan fingerprint density at radius 1 is 1.11 bits per heavy atom. The van der Waals surface area contributed by atoms with E-state index in [-0.39, 0.29) is 24.7 Å². The Morgan fingerprint density at radius 2 is 1.67 bits per heavy atom. The Morgan fingerprint density at radius 3 is 2.06 bits per heavy atom. The summed E-state index contributed by atoms with van der Waals surface area (Å²) >= 11 is 0. The van der Waals surface area contributed by atoms with Crippen molar-refractivity contribution < 1.29 is 20.2 Å². The number of hydrogen-bond donors (Lipinski definition) is 4. The van der Waals surface area contributed by atoms with Crippen LogP contribution in [0.15, 0.2) is 0 Å². The Labute approximate surface area is 110 Å². The molecular weight excluding hydrogens is 234 g/mol. The summed E-state index contributed by atoms with van der Waals surface area (Å²) in [5, 5.41) is 27.2. The monoisotopic (exact) mass is 263 g/mol. The van der Waals surface area contributed by atoms with Crippen LogP contribution in [0.4, 0.5) is 0 Å². The van der Waals surface area contributed by atoms with E-state index in [1.165, 1.54) is 0 Å². The molecule has 5 nitrogen and oxygen atoms in total. The third-order valence-electron chi connectivity index (χ3n) is 2.62. The molecule has 110 valence electrons. The van der Waals surface area contributed by atoms with Crippen molar-refractivity contribution >= 4 is 0 Å². The summed E-state index contributed by atoms with van der Waals surface area (Å²) in [6, 6.07) is 0. The predicted molar refractivity (Wildman–Crippen MR) is 70.5 cm³/mol. The van der Waals surface area contributed by atoms with Gasteiger partial charge in [-0.2, -0.15) is 5.48 Å². The van der Waals surface area contributed by atoms with E-state index in [0.29, 0.717) is 6.42 Å². The van der Waals surface area contributed by atoms with Crippen molar-refractivity contribution in [1.82, 2.24) is 5.48 Å². The molecule has 0 aromatic carbocycles. The van der Waals surface area contributed by atoms with E-state index >= 15 is 0 Å². The fourth-order valence-corrected chi connectivity index (χ4v) is 1.79. The van der Waals surface area contributed by atoms with Crippen LogP contribution in [0.25, 0.3) is 0 Å². The van der Waals surface area contributed by atoms with Crippen LogP contribution in [-0.2, 0) is 4.74 Å². The number of ether oxygens (including phenoxy) is 1. The Hall–Kier alpha value is -0.200. The maximum absolute atomic E-state index is 9.32. The van der Waals surface area contributed by atoms with Gasteiger partial charge in [0, 0.05) is 5.54 Å². The number of hydroxylamine groups is 1. The van der Waals surface area contributed by atoms with Crippen LogP contribution in [-0.4, -0.2) is 46.4 Å². The smallest absolute Gasteiger partial charge is 0.100 e. The predicted octanol–water partition coefficient (Wildman–Crippen LogP) is 1.31. The summed E-state index contributed by atoms with van der Waals surface area (Å²) in [6.45, 7) is 9.92. The molecule has 0 aliphatic carbocycles. The fourth-order valence-electron chi connectivity index (χ4n) is 1.79. The lowest BCUT2D eigenvalue weighted by Gasteiger charge is -2.32. The first-order valence-corrected chi connectivity index (χ1v) is 6.41. The van der Waals surface area contributed by atoms with Crippen LogP contribution >= 0.6 is 0 Å². The van der Waals surface area contributed by atoms with E-state index < -0.39 is 11.6 Å². The van der Waals surface area contributed by atoms with Crippen molar-refractivity contribution in [2.24, 2.45) is 5.41 Å². The molecule has 0 saturated heterocycles. The first-order chi connectivity index (χ1) is 8.09. The lowest BCUT2D eigenvalue weighted by molar-refractivity contribution is -0.0593. The molecule has 0 heterocycles. The number of aliphatic hydroxyl groups is 2. The average molecular weight is 263 g/mol. The molecule has 2 atom stereocenters. The summed E-state index contributed by atoms with van der Waals surface area (Å²) in [4.78, 5) is 0. The molecule has 0 rings (SSSR count). The van der Waals surface area contributed by atoms with Gasteiger partial charge in [-0.05, 0) is 32.1 Å². The van der Waals surface area contributed by atoms with E-state index in [1.54, 1.807) is 0 Å². The second-order valence-corrected chi connectivity index (χ2v) is 6.76. The highest BCUT2D eigenvalue weighted by Gasteiger charge is 2.27. The van der Waals surface area contributed by atoms with Crippen LogP contribution in [0.5, 0.6) is 0 Å². The maximum atomic E-state index is 9.32. The third-order valence-corrected chi connectivity index (χ3v) is 2.62. The van der Waals surface area contributed by atoms with Crippen molar-refractivity contribution in [3.05, 3.63) is 0 Å². The first kappa shape index (κ1) is 17.8. The quantitative estimate of drug-likeness (QED) is 0.496.